The molecule has 0 aliphatic carbocycles. The third kappa shape index (κ3) is 3.95. The van der Waals surface area contributed by atoms with Crippen LogP contribution in [0.1, 0.15) is 36.8 Å². The van der Waals surface area contributed by atoms with Crippen molar-refractivity contribution in [3.05, 3.63) is 35.4 Å². The summed E-state index contributed by atoms with van der Waals surface area (Å²) < 4.78 is 12.1. The van der Waals surface area contributed by atoms with E-state index in [1.165, 1.54) is 11.1 Å². The first-order valence-corrected chi connectivity index (χ1v) is 9.94. The van der Waals surface area contributed by atoms with E-state index in [-0.39, 0.29) is 24.2 Å². The van der Waals surface area contributed by atoms with Gasteiger partial charge in [0.2, 0.25) is 5.91 Å². The lowest BCUT2D eigenvalue weighted by Gasteiger charge is -2.53. The lowest BCUT2D eigenvalue weighted by Crippen LogP contribution is -2.65. The molecular weight excluding hydrogens is 328 g/mol. The van der Waals surface area contributed by atoms with Gasteiger partial charge in [-0.05, 0) is 37.3 Å². The molecule has 1 atom stereocenters. The number of rotatable bonds is 5. The Morgan fingerprint density at radius 1 is 1.27 bits per heavy atom. The zero-order valence-electron chi connectivity index (χ0n) is 15.8. The average Bonchev–Trinajstić information content (AvgIpc) is 3.15. The first-order valence-electron chi connectivity index (χ1n) is 9.94. The van der Waals surface area contributed by atoms with Crippen LogP contribution in [0.5, 0.6) is 0 Å². The minimum atomic E-state index is -0.0672. The van der Waals surface area contributed by atoms with Crippen molar-refractivity contribution in [3.8, 4) is 0 Å². The Balaban J connectivity index is 1.24. The van der Waals surface area contributed by atoms with Gasteiger partial charge < -0.3 is 14.4 Å². The Bertz CT molecular complexity index is 636. The molecule has 3 aliphatic rings. The monoisotopic (exact) mass is 358 g/mol. The molecular formula is C21H30N2O3. The van der Waals surface area contributed by atoms with Crippen molar-refractivity contribution >= 4 is 5.91 Å². The van der Waals surface area contributed by atoms with Gasteiger partial charge in [0.15, 0.2) is 0 Å². The molecule has 1 amide bonds. The largest absolute Gasteiger partial charge is 0.372 e. The first-order chi connectivity index (χ1) is 12.6. The van der Waals surface area contributed by atoms with Crippen molar-refractivity contribution in [2.24, 2.45) is 0 Å². The van der Waals surface area contributed by atoms with E-state index in [0.29, 0.717) is 0 Å². The lowest BCUT2D eigenvalue weighted by atomic mass is 9.84. The Hall–Kier alpha value is -1.43. The second kappa shape index (κ2) is 7.67. The molecule has 3 aliphatic heterocycles. The van der Waals surface area contributed by atoms with Crippen LogP contribution in [-0.4, -0.2) is 66.8 Å². The second-order valence-electron chi connectivity index (χ2n) is 8.12. The molecule has 26 heavy (non-hydrogen) atoms. The molecule has 0 N–H and O–H groups in total. The highest BCUT2D eigenvalue weighted by molar-refractivity contribution is 5.77. The van der Waals surface area contributed by atoms with Crippen molar-refractivity contribution in [3.63, 3.8) is 0 Å². The maximum Gasteiger partial charge on any atom is 0.248 e. The van der Waals surface area contributed by atoms with E-state index in [9.17, 15) is 4.79 Å². The standard InChI is InChI=1S/C21H30N2O3/c1-17-6-2-3-7-18(17)13-22-15-21(16-22)12-19(8-11-26-21)25-14-20(24)23-9-4-5-10-23/h2-3,6-7,19H,4-5,8-16H2,1H3/t19-/m0/s1. The molecule has 142 valence electrons. The summed E-state index contributed by atoms with van der Waals surface area (Å²) in [5, 5.41) is 0. The summed E-state index contributed by atoms with van der Waals surface area (Å²) in [4.78, 5) is 16.6. The van der Waals surface area contributed by atoms with Crippen LogP contribution in [0.2, 0.25) is 0 Å². The topological polar surface area (TPSA) is 42.0 Å². The van der Waals surface area contributed by atoms with Gasteiger partial charge in [0.05, 0.1) is 11.7 Å². The van der Waals surface area contributed by atoms with Crippen LogP contribution in [0.15, 0.2) is 24.3 Å². The van der Waals surface area contributed by atoms with Gasteiger partial charge >= 0.3 is 0 Å². The van der Waals surface area contributed by atoms with Gasteiger partial charge in [-0.15, -0.1) is 0 Å². The molecule has 1 aromatic carbocycles. The predicted octanol–water partition coefficient (Wildman–Crippen LogP) is 2.37. The Labute approximate surface area is 156 Å². The molecule has 3 saturated heterocycles. The molecule has 4 rings (SSSR count). The predicted molar refractivity (Wildman–Crippen MR) is 99.9 cm³/mol. The summed E-state index contributed by atoms with van der Waals surface area (Å²) in [6, 6.07) is 8.57. The van der Waals surface area contributed by atoms with E-state index in [2.05, 4.69) is 36.1 Å². The van der Waals surface area contributed by atoms with E-state index in [4.69, 9.17) is 9.47 Å². The van der Waals surface area contributed by atoms with E-state index >= 15 is 0 Å². The summed E-state index contributed by atoms with van der Waals surface area (Å²) in [5.74, 6) is 0.151. The number of hydrogen-bond acceptors (Lipinski definition) is 4. The quantitative estimate of drug-likeness (QED) is 0.810. The molecule has 0 aromatic heterocycles. The molecule has 5 heteroatoms. The van der Waals surface area contributed by atoms with E-state index in [1.807, 2.05) is 4.90 Å². The van der Waals surface area contributed by atoms with Gasteiger partial charge in [-0.3, -0.25) is 9.69 Å². The Morgan fingerprint density at radius 2 is 2.04 bits per heavy atom. The number of hydrogen-bond donors (Lipinski definition) is 0. The Kier molecular flexibility index (Phi) is 5.30. The maximum atomic E-state index is 12.2. The zero-order chi connectivity index (χ0) is 18.0. The van der Waals surface area contributed by atoms with Crippen LogP contribution in [0, 0.1) is 6.92 Å². The fraction of sp³-hybridized carbons (Fsp3) is 0.667. The fourth-order valence-corrected chi connectivity index (χ4v) is 4.50. The number of nitrogens with zero attached hydrogens (tertiary/aromatic N) is 2. The van der Waals surface area contributed by atoms with Gasteiger partial charge in [0.25, 0.3) is 0 Å². The third-order valence-corrected chi connectivity index (χ3v) is 6.03. The molecule has 3 heterocycles. The minimum absolute atomic E-state index is 0.0672. The number of benzene rings is 1. The van der Waals surface area contributed by atoms with Gasteiger partial charge in [0.1, 0.15) is 6.61 Å². The third-order valence-electron chi connectivity index (χ3n) is 6.03. The molecule has 0 bridgehead atoms. The number of likely N-dealkylation sites (tertiary alicyclic amines) is 2. The van der Waals surface area contributed by atoms with Crippen molar-refractivity contribution in [2.75, 3.05) is 39.4 Å². The lowest BCUT2D eigenvalue weighted by molar-refractivity contribution is -0.200. The summed E-state index contributed by atoms with van der Waals surface area (Å²) >= 11 is 0. The number of carbonyl (C=O) groups excluding carboxylic acids is 1. The average molecular weight is 358 g/mol. The van der Waals surface area contributed by atoms with Crippen LogP contribution in [-0.2, 0) is 20.8 Å². The fourth-order valence-electron chi connectivity index (χ4n) is 4.50. The van der Waals surface area contributed by atoms with Gasteiger partial charge in [-0.25, -0.2) is 0 Å². The van der Waals surface area contributed by atoms with Crippen LogP contribution in [0.4, 0.5) is 0 Å². The molecule has 1 aromatic rings. The van der Waals surface area contributed by atoms with Crippen LogP contribution in [0.25, 0.3) is 0 Å². The smallest absolute Gasteiger partial charge is 0.248 e. The van der Waals surface area contributed by atoms with E-state index in [0.717, 1.165) is 65.0 Å². The second-order valence-corrected chi connectivity index (χ2v) is 8.12. The number of ether oxygens (including phenoxy) is 2. The minimum Gasteiger partial charge on any atom is -0.372 e. The van der Waals surface area contributed by atoms with Crippen LogP contribution < -0.4 is 0 Å². The molecule has 0 radical (unpaired) electrons. The van der Waals surface area contributed by atoms with Gasteiger partial charge in [-0.1, -0.05) is 24.3 Å². The van der Waals surface area contributed by atoms with Gasteiger partial charge in [-0.2, -0.15) is 0 Å². The Morgan fingerprint density at radius 3 is 2.81 bits per heavy atom. The zero-order valence-corrected chi connectivity index (χ0v) is 15.8. The summed E-state index contributed by atoms with van der Waals surface area (Å²) in [6.45, 7) is 7.83. The maximum absolute atomic E-state index is 12.2. The van der Waals surface area contributed by atoms with Crippen molar-refractivity contribution in [2.45, 2.75) is 50.9 Å². The number of carbonyl (C=O) groups is 1. The van der Waals surface area contributed by atoms with Crippen molar-refractivity contribution in [1.29, 1.82) is 0 Å². The highest BCUT2D eigenvalue weighted by atomic mass is 16.5. The normalized spacial score (nSPS) is 25.4. The van der Waals surface area contributed by atoms with E-state index in [1.54, 1.807) is 0 Å². The summed E-state index contributed by atoms with van der Waals surface area (Å²) in [5.41, 5.74) is 2.67. The highest BCUT2D eigenvalue weighted by Crippen LogP contribution is 2.36. The number of aryl methyl sites for hydroxylation is 1. The summed E-state index contributed by atoms with van der Waals surface area (Å²) in [6.07, 6.45) is 4.21. The van der Waals surface area contributed by atoms with Gasteiger partial charge in [0, 0.05) is 45.8 Å². The van der Waals surface area contributed by atoms with Crippen LogP contribution in [0.3, 0.4) is 0 Å². The molecule has 1 spiro atoms. The molecule has 0 unspecified atom stereocenters. The molecule has 3 fully saturated rings. The summed E-state index contributed by atoms with van der Waals surface area (Å²) in [7, 11) is 0. The van der Waals surface area contributed by atoms with Crippen molar-refractivity contribution in [1.82, 2.24) is 9.80 Å². The number of amides is 1. The first kappa shape index (κ1) is 18.0. The van der Waals surface area contributed by atoms with Crippen LogP contribution >= 0.6 is 0 Å². The highest BCUT2D eigenvalue weighted by Gasteiger charge is 2.47. The SMILES string of the molecule is Cc1ccccc1CN1CC2(C[C@@H](OCC(=O)N3CCCC3)CCO2)C1. The van der Waals surface area contributed by atoms with Crippen molar-refractivity contribution < 1.29 is 14.3 Å². The molecule has 0 saturated carbocycles. The van der Waals surface area contributed by atoms with E-state index < -0.39 is 0 Å². The molecule has 5 nitrogen and oxygen atoms in total.